The number of rotatable bonds is 4. The van der Waals surface area contributed by atoms with Gasteiger partial charge in [0, 0.05) is 24.3 Å². The van der Waals surface area contributed by atoms with Crippen LogP contribution in [0.3, 0.4) is 0 Å². The van der Waals surface area contributed by atoms with Gasteiger partial charge in [0.1, 0.15) is 5.82 Å². The van der Waals surface area contributed by atoms with Crippen molar-refractivity contribution in [2.45, 2.75) is 31.2 Å². The number of aromatic nitrogens is 3. The second-order valence-electron chi connectivity index (χ2n) is 7.36. The molecule has 7 nitrogen and oxygen atoms in total. The van der Waals surface area contributed by atoms with Crippen molar-refractivity contribution in [3.05, 3.63) is 63.4 Å². The molecule has 3 heterocycles. The molecule has 3 aromatic rings. The third-order valence-corrected chi connectivity index (χ3v) is 7.50. The van der Waals surface area contributed by atoms with E-state index in [1.54, 1.807) is 0 Å². The van der Waals surface area contributed by atoms with Crippen molar-refractivity contribution in [1.29, 1.82) is 0 Å². The molecule has 0 radical (unpaired) electrons. The standard InChI is InChI=1S/C19H20ClFN4O3S/c1-13-6-8-23(9-7-13)29(27,28)16-4-5-18-22-25(19(26)24(18)12-16)11-14-2-3-15(21)10-17(14)20/h2-5,10,12-13H,6-9,11H2,1H3. The van der Waals surface area contributed by atoms with E-state index in [2.05, 4.69) is 12.0 Å². The smallest absolute Gasteiger partial charge is 0.249 e. The van der Waals surface area contributed by atoms with E-state index in [-0.39, 0.29) is 16.5 Å². The Hall–Kier alpha value is -2.23. The summed E-state index contributed by atoms with van der Waals surface area (Å²) in [5.41, 5.74) is 0.359. The number of sulfonamides is 1. The van der Waals surface area contributed by atoms with Gasteiger partial charge in [-0.25, -0.2) is 26.7 Å². The molecule has 1 fully saturated rings. The average molecular weight is 439 g/mol. The fraction of sp³-hybridized carbons (Fsp3) is 0.368. The second kappa shape index (κ2) is 7.55. The van der Waals surface area contributed by atoms with Crippen LogP contribution in [0.4, 0.5) is 4.39 Å². The summed E-state index contributed by atoms with van der Waals surface area (Å²) < 4.78 is 43.0. The van der Waals surface area contributed by atoms with Crippen LogP contribution in [0.15, 0.2) is 46.2 Å². The number of piperidine rings is 1. The lowest BCUT2D eigenvalue weighted by Crippen LogP contribution is -2.38. The van der Waals surface area contributed by atoms with Crippen LogP contribution in [0.25, 0.3) is 5.65 Å². The number of fused-ring (bicyclic) bond motifs is 1. The Morgan fingerprint density at radius 3 is 2.62 bits per heavy atom. The Balaban J connectivity index is 1.68. The van der Waals surface area contributed by atoms with Crippen LogP contribution in [0.1, 0.15) is 25.3 Å². The minimum Gasteiger partial charge on any atom is -0.249 e. The number of nitrogens with zero attached hydrogens (tertiary/aromatic N) is 4. The lowest BCUT2D eigenvalue weighted by molar-refractivity contribution is 0.288. The highest BCUT2D eigenvalue weighted by molar-refractivity contribution is 7.89. The van der Waals surface area contributed by atoms with E-state index in [1.165, 1.54) is 49.9 Å². The van der Waals surface area contributed by atoms with E-state index in [4.69, 9.17) is 11.6 Å². The normalized spacial score (nSPS) is 16.5. The largest absolute Gasteiger partial charge is 0.350 e. The number of pyridine rings is 1. The van der Waals surface area contributed by atoms with Crippen molar-refractivity contribution in [1.82, 2.24) is 18.5 Å². The van der Waals surface area contributed by atoms with E-state index < -0.39 is 21.5 Å². The predicted molar refractivity (Wildman–Crippen MR) is 107 cm³/mol. The van der Waals surface area contributed by atoms with Gasteiger partial charge in [-0.15, -0.1) is 5.10 Å². The van der Waals surface area contributed by atoms with Gasteiger partial charge < -0.3 is 0 Å². The summed E-state index contributed by atoms with van der Waals surface area (Å²) in [6.45, 7) is 3.10. The lowest BCUT2D eigenvalue weighted by Gasteiger charge is -2.29. The molecule has 0 spiro atoms. The van der Waals surface area contributed by atoms with Gasteiger partial charge in [0.25, 0.3) is 0 Å². The first-order valence-electron chi connectivity index (χ1n) is 9.29. The van der Waals surface area contributed by atoms with Crippen molar-refractivity contribution in [2.24, 2.45) is 5.92 Å². The summed E-state index contributed by atoms with van der Waals surface area (Å²) >= 11 is 6.04. The number of hydrogen-bond donors (Lipinski definition) is 0. The molecule has 1 saturated heterocycles. The van der Waals surface area contributed by atoms with Crippen molar-refractivity contribution in [3.63, 3.8) is 0 Å². The molecule has 0 N–H and O–H groups in total. The quantitative estimate of drug-likeness (QED) is 0.627. The molecular formula is C19H20ClFN4O3S. The van der Waals surface area contributed by atoms with Gasteiger partial charge in [-0.1, -0.05) is 24.6 Å². The summed E-state index contributed by atoms with van der Waals surface area (Å²) in [6, 6.07) is 6.88. The molecule has 0 aliphatic carbocycles. The molecule has 4 rings (SSSR count). The minimum absolute atomic E-state index is 0.0473. The van der Waals surface area contributed by atoms with Crippen molar-refractivity contribution < 1.29 is 12.8 Å². The van der Waals surface area contributed by atoms with Crippen molar-refractivity contribution in [2.75, 3.05) is 13.1 Å². The molecule has 1 aliphatic heterocycles. The fourth-order valence-electron chi connectivity index (χ4n) is 3.44. The molecule has 1 aliphatic rings. The molecular weight excluding hydrogens is 419 g/mol. The Labute approximate surface area is 172 Å². The number of hydrogen-bond acceptors (Lipinski definition) is 4. The molecule has 0 atom stereocenters. The SMILES string of the molecule is CC1CCN(S(=O)(=O)c2ccc3nn(Cc4ccc(F)cc4Cl)c(=O)n3c2)CC1. The molecule has 10 heteroatoms. The van der Waals surface area contributed by atoms with Crippen LogP contribution < -0.4 is 5.69 Å². The summed E-state index contributed by atoms with van der Waals surface area (Å²) in [4.78, 5) is 12.8. The van der Waals surface area contributed by atoms with Crippen LogP contribution in [-0.2, 0) is 16.6 Å². The van der Waals surface area contributed by atoms with E-state index in [1.807, 2.05) is 0 Å². The molecule has 1 aromatic carbocycles. The molecule has 2 aromatic heterocycles. The predicted octanol–water partition coefficient (Wildman–Crippen LogP) is 2.76. The van der Waals surface area contributed by atoms with E-state index in [9.17, 15) is 17.6 Å². The van der Waals surface area contributed by atoms with Gasteiger partial charge in [-0.3, -0.25) is 0 Å². The Bertz CT molecular complexity index is 1230. The van der Waals surface area contributed by atoms with Crippen LogP contribution in [0, 0.1) is 11.7 Å². The Morgan fingerprint density at radius 2 is 1.93 bits per heavy atom. The third kappa shape index (κ3) is 3.82. The average Bonchev–Trinajstić information content (AvgIpc) is 2.99. The minimum atomic E-state index is -3.68. The first-order chi connectivity index (χ1) is 13.8. The summed E-state index contributed by atoms with van der Waals surface area (Å²) in [6.07, 6.45) is 2.94. The topological polar surface area (TPSA) is 76.7 Å². The highest BCUT2D eigenvalue weighted by Gasteiger charge is 2.28. The van der Waals surface area contributed by atoms with Crippen molar-refractivity contribution >= 4 is 27.3 Å². The Kier molecular flexibility index (Phi) is 5.22. The van der Waals surface area contributed by atoms with Gasteiger partial charge in [-0.2, -0.15) is 4.31 Å². The molecule has 29 heavy (non-hydrogen) atoms. The third-order valence-electron chi connectivity index (χ3n) is 5.27. The van der Waals surface area contributed by atoms with Crippen LogP contribution >= 0.6 is 11.6 Å². The van der Waals surface area contributed by atoms with E-state index in [0.29, 0.717) is 30.2 Å². The second-order valence-corrected chi connectivity index (χ2v) is 9.70. The van der Waals surface area contributed by atoms with E-state index >= 15 is 0 Å². The van der Waals surface area contributed by atoms with Crippen molar-refractivity contribution in [3.8, 4) is 0 Å². The fourth-order valence-corrected chi connectivity index (χ4v) is 5.14. The van der Waals surface area contributed by atoms with Crippen LogP contribution in [-0.4, -0.2) is 40.0 Å². The monoisotopic (exact) mass is 438 g/mol. The van der Waals surface area contributed by atoms with Crippen LogP contribution in [0.2, 0.25) is 5.02 Å². The summed E-state index contributed by atoms with van der Waals surface area (Å²) in [7, 11) is -3.68. The number of halogens is 2. The van der Waals surface area contributed by atoms with Gasteiger partial charge in [0.05, 0.1) is 11.4 Å². The van der Waals surface area contributed by atoms with Gasteiger partial charge >= 0.3 is 5.69 Å². The summed E-state index contributed by atoms with van der Waals surface area (Å²) in [5, 5.41) is 4.41. The zero-order valence-electron chi connectivity index (χ0n) is 15.8. The van der Waals surface area contributed by atoms with Gasteiger partial charge in [0.2, 0.25) is 10.0 Å². The zero-order valence-corrected chi connectivity index (χ0v) is 17.3. The molecule has 0 unspecified atom stereocenters. The highest BCUT2D eigenvalue weighted by atomic mass is 35.5. The maximum absolute atomic E-state index is 13.2. The molecule has 0 bridgehead atoms. The first-order valence-corrected chi connectivity index (χ1v) is 11.1. The van der Waals surface area contributed by atoms with Gasteiger partial charge in [-0.05, 0) is 48.6 Å². The van der Waals surface area contributed by atoms with E-state index in [0.717, 1.165) is 12.8 Å². The highest BCUT2D eigenvalue weighted by Crippen LogP contribution is 2.23. The van der Waals surface area contributed by atoms with Gasteiger partial charge in [0.15, 0.2) is 5.65 Å². The molecule has 0 saturated carbocycles. The maximum Gasteiger partial charge on any atom is 0.350 e. The molecule has 154 valence electrons. The molecule has 0 amide bonds. The maximum atomic E-state index is 13.2. The first kappa shape index (κ1) is 20.1. The summed E-state index contributed by atoms with van der Waals surface area (Å²) in [5.74, 6) is 0.0334. The Morgan fingerprint density at radius 1 is 1.21 bits per heavy atom. The van der Waals surface area contributed by atoms with Crippen LogP contribution in [0.5, 0.6) is 0 Å². The number of benzene rings is 1. The zero-order chi connectivity index (χ0) is 20.8. The lowest BCUT2D eigenvalue weighted by atomic mass is 10.0.